The minimum atomic E-state index is -2.26. The van der Waals surface area contributed by atoms with Gasteiger partial charge in [0, 0.05) is 6.04 Å². The van der Waals surface area contributed by atoms with E-state index in [-0.39, 0.29) is 22.9 Å². The largest absolute Gasteiger partial charge is 0.338 e. The van der Waals surface area contributed by atoms with Crippen LogP contribution in [0.15, 0.2) is 60.7 Å². The highest BCUT2D eigenvalue weighted by molar-refractivity contribution is 7.42. The molecule has 0 atom stereocenters. The summed E-state index contributed by atoms with van der Waals surface area (Å²) in [7, 11) is -2.26. The Labute approximate surface area is 165 Å². The fourth-order valence-electron chi connectivity index (χ4n) is 5.17. The van der Waals surface area contributed by atoms with Gasteiger partial charge in [-0.1, -0.05) is 94.8 Å². The smallest absolute Gasteiger partial charge is 0.254 e. The van der Waals surface area contributed by atoms with E-state index in [1.807, 2.05) is 41.1 Å². The lowest BCUT2D eigenvalue weighted by Crippen LogP contribution is -2.55. The summed E-state index contributed by atoms with van der Waals surface area (Å²) in [6.45, 7) is 9.10. The predicted molar refractivity (Wildman–Crippen MR) is 113 cm³/mol. The highest BCUT2D eigenvalue weighted by Crippen LogP contribution is 2.57. The summed E-state index contributed by atoms with van der Waals surface area (Å²) in [5.74, 6) is 0. The molecule has 2 aromatic rings. The maximum Gasteiger partial charge on any atom is 0.254 e. The Kier molecular flexibility index (Phi) is 6.08. The minimum Gasteiger partial charge on any atom is -0.338 e. The first-order valence-electron chi connectivity index (χ1n) is 9.80. The molecule has 0 bridgehead atoms. The molecule has 146 valence electrons. The van der Waals surface area contributed by atoms with Gasteiger partial charge >= 0.3 is 0 Å². The van der Waals surface area contributed by atoms with Gasteiger partial charge in [-0.05, 0) is 34.8 Å². The van der Waals surface area contributed by atoms with Crippen molar-refractivity contribution in [3.8, 4) is 0 Å². The molecule has 0 amide bonds. The normalized spacial score (nSPS) is 19.7. The van der Waals surface area contributed by atoms with Crippen molar-refractivity contribution in [1.82, 2.24) is 4.67 Å². The van der Waals surface area contributed by atoms with Crippen LogP contribution in [-0.4, -0.2) is 20.5 Å². The summed E-state index contributed by atoms with van der Waals surface area (Å²) in [6, 6.07) is 20.3. The lowest BCUT2D eigenvalue weighted by Gasteiger charge is -2.55. The van der Waals surface area contributed by atoms with E-state index in [1.165, 1.54) is 6.42 Å². The van der Waals surface area contributed by atoms with Gasteiger partial charge in [0.25, 0.3) is 8.53 Å². The Morgan fingerprint density at radius 1 is 0.815 bits per heavy atom. The minimum absolute atomic E-state index is 0.00436. The molecule has 0 radical (unpaired) electrons. The van der Waals surface area contributed by atoms with Crippen LogP contribution in [0.3, 0.4) is 0 Å². The van der Waals surface area contributed by atoms with Gasteiger partial charge < -0.3 is 9.79 Å². The molecule has 2 N–H and O–H groups in total. The van der Waals surface area contributed by atoms with Crippen molar-refractivity contribution in [2.45, 2.75) is 59.0 Å². The first kappa shape index (κ1) is 20.5. The third kappa shape index (κ3) is 4.27. The van der Waals surface area contributed by atoms with E-state index in [0.717, 1.165) is 24.0 Å². The van der Waals surface area contributed by atoms with E-state index < -0.39 is 8.53 Å². The van der Waals surface area contributed by atoms with Crippen molar-refractivity contribution in [2.75, 3.05) is 0 Å². The zero-order chi connectivity index (χ0) is 19.7. The molecular weight excluding hydrogens is 353 g/mol. The van der Waals surface area contributed by atoms with Gasteiger partial charge in [-0.25, -0.2) is 4.67 Å². The first-order valence-corrected chi connectivity index (χ1v) is 11.0. The highest BCUT2D eigenvalue weighted by atomic mass is 31.2. The summed E-state index contributed by atoms with van der Waals surface area (Å²) in [5, 5.41) is 0. The molecule has 2 aromatic carbocycles. The lowest BCUT2D eigenvalue weighted by atomic mass is 9.61. The van der Waals surface area contributed by atoms with Crippen molar-refractivity contribution in [3.05, 3.63) is 71.8 Å². The topological polar surface area (TPSA) is 43.7 Å². The van der Waals surface area contributed by atoms with E-state index in [4.69, 9.17) is 0 Å². The van der Waals surface area contributed by atoms with E-state index in [9.17, 15) is 9.79 Å². The molecule has 1 aliphatic rings. The Morgan fingerprint density at radius 3 is 1.59 bits per heavy atom. The van der Waals surface area contributed by atoms with Crippen molar-refractivity contribution >= 4 is 8.53 Å². The Morgan fingerprint density at radius 2 is 1.22 bits per heavy atom. The molecule has 1 aliphatic carbocycles. The van der Waals surface area contributed by atoms with Gasteiger partial charge in [0.1, 0.15) is 0 Å². The second kappa shape index (κ2) is 8.01. The molecule has 0 saturated heterocycles. The second-order valence-electron chi connectivity index (χ2n) is 9.11. The van der Waals surface area contributed by atoms with Gasteiger partial charge in [0.15, 0.2) is 0 Å². The van der Waals surface area contributed by atoms with Crippen LogP contribution in [-0.2, 0) is 0 Å². The monoisotopic (exact) mass is 385 g/mol. The molecule has 1 saturated carbocycles. The Balaban J connectivity index is 2.17. The number of hydrogen-bond donors (Lipinski definition) is 2. The summed E-state index contributed by atoms with van der Waals surface area (Å²) >= 11 is 0. The van der Waals surface area contributed by atoms with E-state index >= 15 is 0 Å². The molecule has 0 spiro atoms. The number of rotatable bonds is 5. The molecular formula is C23H32NO2P. The van der Waals surface area contributed by atoms with Gasteiger partial charge in [-0.15, -0.1) is 0 Å². The standard InChI is InChI=1S/C23H32NO2P/c1-22(2)16-11-17-23(3,4)21(22)24(27(25)26)20(18-12-7-5-8-13-18)19-14-9-6-10-15-19/h5-10,12-15,20-21,25-26H,11,16-17H2,1-4H3. The maximum atomic E-state index is 10.7. The summed E-state index contributed by atoms with van der Waals surface area (Å²) in [4.78, 5) is 21.3. The summed E-state index contributed by atoms with van der Waals surface area (Å²) in [6.07, 6.45) is 3.37. The Hall–Kier alpha value is -1.25. The summed E-state index contributed by atoms with van der Waals surface area (Å²) in [5.41, 5.74) is 2.18. The first-order chi connectivity index (χ1) is 12.7. The van der Waals surface area contributed by atoms with Crippen molar-refractivity contribution in [1.29, 1.82) is 0 Å². The van der Waals surface area contributed by atoms with Crippen LogP contribution in [0.5, 0.6) is 0 Å². The second-order valence-corrected chi connectivity index (χ2v) is 10.1. The molecule has 4 heteroatoms. The van der Waals surface area contributed by atoms with Crippen LogP contribution in [0.4, 0.5) is 0 Å². The van der Waals surface area contributed by atoms with Gasteiger partial charge in [0.2, 0.25) is 0 Å². The SMILES string of the molecule is CC1(C)CCCC(C)(C)C1N(C(c1ccccc1)c1ccccc1)P(O)O. The van der Waals surface area contributed by atoms with Crippen LogP contribution in [0.2, 0.25) is 0 Å². The molecule has 1 fully saturated rings. The van der Waals surface area contributed by atoms with Crippen LogP contribution >= 0.6 is 8.53 Å². The quantitative estimate of drug-likeness (QED) is 0.630. The third-order valence-corrected chi connectivity index (χ3v) is 6.96. The lowest BCUT2D eigenvalue weighted by molar-refractivity contribution is -0.0151. The third-order valence-electron chi connectivity index (χ3n) is 6.09. The molecule has 3 nitrogen and oxygen atoms in total. The van der Waals surface area contributed by atoms with Crippen LogP contribution < -0.4 is 0 Å². The highest BCUT2D eigenvalue weighted by Gasteiger charge is 2.51. The zero-order valence-corrected chi connectivity index (χ0v) is 17.7. The van der Waals surface area contributed by atoms with Crippen LogP contribution in [0.25, 0.3) is 0 Å². The van der Waals surface area contributed by atoms with E-state index in [2.05, 4.69) is 52.0 Å². The van der Waals surface area contributed by atoms with Crippen molar-refractivity contribution < 1.29 is 9.79 Å². The number of benzene rings is 2. The molecule has 0 unspecified atom stereocenters. The number of hydrogen-bond acceptors (Lipinski definition) is 3. The van der Waals surface area contributed by atoms with E-state index in [0.29, 0.717) is 0 Å². The molecule has 0 aliphatic heterocycles. The molecule has 3 rings (SSSR count). The average Bonchev–Trinajstić information content (AvgIpc) is 2.61. The fraction of sp³-hybridized carbons (Fsp3) is 0.478. The van der Waals surface area contributed by atoms with Crippen LogP contribution in [0.1, 0.15) is 64.1 Å². The average molecular weight is 385 g/mol. The Bertz CT molecular complexity index is 675. The zero-order valence-electron chi connectivity index (χ0n) is 16.8. The summed E-state index contributed by atoms with van der Waals surface area (Å²) < 4.78 is 2.00. The predicted octanol–water partition coefficient (Wildman–Crippen LogP) is 5.89. The van der Waals surface area contributed by atoms with Gasteiger partial charge in [-0.2, -0.15) is 0 Å². The van der Waals surface area contributed by atoms with E-state index in [1.54, 1.807) is 0 Å². The molecule has 27 heavy (non-hydrogen) atoms. The molecule has 0 aromatic heterocycles. The van der Waals surface area contributed by atoms with Crippen molar-refractivity contribution in [2.24, 2.45) is 10.8 Å². The van der Waals surface area contributed by atoms with Crippen molar-refractivity contribution in [3.63, 3.8) is 0 Å². The van der Waals surface area contributed by atoms with Gasteiger partial charge in [0.05, 0.1) is 6.04 Å². The van der Waals surface area contributed by atoms with Crippen LogP contribution in [0, 0.1) is 10.8 Å². The maximum absolute atomic E-state index is 10.7. The molecule has 0 heterocycles. The fourth-order valence-corrected chi connectivity index (χ4v) is 6.48. The number of nitrogens with zero attached hydrogens (tertiary/aromatic N) is 1. The van der Waals surface area contributed by atoms with Gasteiger partial charge in [-0.3, -0.25) is 0 Å².